The first-order chi connectivity index (χ1) is 9.06. The van der Waals surface area contributed by atoms with Crippen molar-refractivity contribution in [2.45, 2.75) is 58.7 Å². The van der Waals surface area contributed by atoms with Gasteiger partial charge in [-0.25, -0.2) is 0 Å². The van der Waals surface area contributed by atoms with E-state index >= 15 is 0 Å². The van der Waals surface area contributed by atoms with Crippen LogP contribution in [0.2, 0.25) is 0 Å². The highest BCUT2D eigenvalue weighted by molar-refractivity contribution is 9.10. The van der Waals surface area contributed by atoms with Gasteiger partial charge in [-0.1, -0.05) is 54.9 Å². The molecule has 1 aromatic rings. The number of nitrogens with zero attached hydrogens (tertiary/aromatic N) is 1. The average Bonchev–Trinajstić information content (AvgIpc) is 2.44. The summed E-state index contributed by atoms with van der Waals surface area (Å²) in [4.78, 5) is 2.52. The van der Waals surface area contributed by atoms with E-state index in [0.717, 1.165) is 23.9 Å². The maximum absolute atomic E-state index is 6.42. The Hall–Kier alpha value is -0.380. The molecule has 2 nitrogen and oxygen atoms in total. The summed E-state index contributed by atoms with van der Waals surface area (Å²) in [6.07, 6.45) is 2.13. The molecular formula is C16H27BrN2. The van der Waals surface area contributed by atoms with Crippen LogP contribution < -0.4 is 5.73 Å². The lowest BCUT2D eigenvalue weighted by Gasteiger charge is -2.39. The molecule has 3 atom stereocenters. The molecule has 108 valence electrons. The molecule has 0 aromatic heterocycles. The van der Waals surface area contributed by atoms with Crippen molar-refractivity contribution < 1.29 is 0 Å². The highest BCUT2D eigenvalue weighted by atomic mass is 79.9. The number of likely N-dealkylation sites (N-methyl/N-ethyl adjacent to an activating group) is 1. The van der Waals surface area contributed by atoms with Crippen molar-refractivity contribution in [3.05, 3.63) is 34.3 Å². The number of nitrogens with two attached hydrogens (primary N) is 1. The Kier molecular flexibility index (Phi) is 7.05. The summed E-state index contributed by atoms with van der Waals surface area (Å²) in [6, 6.07) is 9.43. The molecule has 19 heavy (non-hydrogen) atoms. The quantitative estimate of drug-likeness (QED) is 0.807. The van der Waals surface area contributed by atoms with Crippen molar-refractivity contribution in [3.63, 3.8) is 0 Å². The third-order valence-corrected chi connectivity index (χ3v) is 4.70. The van der Waals surface area contributed by atoms with Gasteiger partial charge in [0.15, 0.2) is 0 Å². The standard InChI is InChI=1S/C16H27BrN2/c1-5-12(4)19(7-3)16(15(18)6-2)13-10-8-9-11-14(13)17/h8-12,15-16H,5-7,18H2,1-4H3. The van der Waals surface area contributed by atoms with Crippen LogP contribution in [0, 0.1) is 0 Å². The fourth-order valence-electron chi connectivity index (χ4n) is 2.61. The molecule has 0 aliphatic heterocycles. The summed E-state index contributed by atoms with van der Waals surface area (Å²) in [5, 5.41) is 0. The van der Waals surface area contributed by atoms with Crippen molar-refractivity contribution in [3.8, 4) is 0 Å². The average molecular weight is 327 g/mol. The normalized spacial score (nSPS) is 16.4. The zero-order valence-electron chi connectivity index (χ0n) is 12.6. The van der Waals surface area contributed by atoms with Crippen molar-refractivity contribution in [2.24, 2.45) is 5.73 Å². The summed E-state index contributed by atoms with van der Waals surface area (Å²) in [5.41, 5.74) is 7.73. The fraction of sp³-hybridized carbons (Fsp3) is 0.625. The molecule has 1 rings (SSSR count). The highest BCUT2D eigenvalue weighted by Gasteiger charge is 2.28. The second kappa shape index (κ2) is 8.03. The first-order valence-electron chi connectivity index (χ1n) is 7.32. The first-order valence-corrected chi connectivity index (χ1v) is 8.11. The van der Waals surface area contributed by atoms with Crippen LogP contribution in [0.15, 0.2) is 28.7 Å². The van der Waals surface area contributed by atoms with Crippen LogP contribution in [-0.2, 0) is 0 Å². The Bertz CT molecular complexity index is 381. The second-order valence-corrected chi connectivity index (χ2v) is 5.98. The zero-order valence-corrected chi connectivity index (χ0v) is 14.2. The van der Waals surface area contributed by atoms with Crippen LogP contribution in [0.1, 0.15) is 52.1 Å². The van der Waals surface area contributed by atoms with Gasteiger partial charge in [0, 0.05) is 16.6 Å². The van der Waals surface area contributed by atoms with E-state index in [2.05, 4.69) is 72.8 Å². The summed E-state index contributed by atoms with van der Waals surface area (Å²) < 4.78 is 1.16. The van der Waals surface area contributed by atoms with Crippen molar-refractivity contribution in [1.29, 1.82) is 0 Å². The SMILES string of the molecule is CCC(N)C(c1ccccc1Br)N(CC)C(C)CC. The molecule has 0 fully saturated rings. The molecule has 0 saturated heterocycles. The van der Waals surface area contributed by atoms with Gasteiger partial charge in [-0.2, -0.15) is 0 Å². The van der Waals surface area contributed by atoms with Crippen LogP contribution in [-0.4, -0.2) is 23.5 Å². The van der Waals surface area contributed by atoms with Crippen LogP contribution in [0.5, 0.6) is 0 Å². The summed E-state index contributed by atoms with van der Waals surface area (Å²) in [5.74, 6) is 0. The lowest BCUT2D eigenvalue weighted by Crippen LogP contribution is -2.45. The van der Waals surface area contributed by atoms with E-state index in [1.165, 1.54) is 5.56 Å². The number of hydrogen-bond acceptors (Lipinski definition) is 2. The number of hydrogen-bond donors (Lipinski definition) is 1. The van der Waals surface area contributed by atoms with Crippen molar-refractivity contribution >= 4 is 15.9 Å². The monoisotopic (exact) mass is 326 g/mol. The molecule has 0 heterocycles. The second-order valence-electron chi connectivity index (χ2n) is 5.13. The molecule has 2 N–H and O–H groups in total. The van der Waals surface area contributed by atoms with Crippen LogP contribution in [0.3, 0.4) is 0 Å². The molecule has 0 amide bonds. The largest absolute Gasteiger partial charge is 0.326 e. The van der Waals surface area contributed by atoms with Gasteiger partial charge >= 0.3 is 0 Å². The predicted molar refractivity (Wildman–Crippen MR) is 87.3 cm³/mol. The van der Waals surface area contributed by atoms with Crippen LogP contribution in [0.25, 0.3) is 0 Å². The smallest absolute Gasteiger partial charge is 0.0512 e. The zero-order chi connectivity index (χ0) is 14.4. The molecule has 1 aromatic carbocycles. The van der Waals surface area contributed by atoms with Crippen molar-refractivity contribution in [1.82, 2.24) is 4.90 Å². The molecule has 3 heteroatoms. The molecular weight excluding hydrogens is 300 g/mol. The van der Waals surface area contributed by atoms with Gasteiger partial charge in [0.25, 0.3) is 0 Å². The molecule has 0 aliphatic carbocycles. The van der Waals surface area contributed by atoms with Gasteiger partial charge in [0.05, 0.1) is 6.04 Å². The molecule has 0 radical (unpaired) electrons. The molecule has 0 spiro atoms. The van der Waals surface area contributed by atoms with Gasteiger partial charge in [-0.05, 0) is 37.9 Å². The first kappa shape index (κ1) is 16.7. The van der Waals surface area contributed by atoms with Gasteiger partial charge in [0.2, 0.25) is 0 Å². The van der Waals surface area contributed by atoms with E-state index in [0.29, 0.717) is 6.04 Å². The molecule has 0 saturated carbocycles. The molecule has 0 aliphatic rings. The Morgan fingerprint density at radius 1 is 1.16 bits per heavy atom. The lowest BCUT2D eigenvalue weighted by molar-refractivity contribution is 0.125. The lowest BCUT2D eigenvalue weighted by atomic mass is 9.94. The fourth-order valence-corrected chi connectivity index (χ4v) is 3.13. The molecule has 0 bridgehead atoms. The van der Waals surface area contributed by atoms with Crippen LogP contribution >= 0.6 is 15.9 Å². The van der Waals surface area contributed by atoms with E-state index in [4.69, 9.17) is 5.73 Å². The van der Waals surface area contributed by atoms with E-state index in [-0.39, 0.29) is 12.1 Å². The van der Waals surface area contributed by atoms with Crippen molar-refractivity contribution in [2.75, 3.05) is 6.54 Å². The van der Waals surface area contributed by atoms with Gasteiger partial charge in [-0.15, -0.1) is 0 Å². The van der Waals surface area contributed by atoms with E-state index in [1.807, 2.05) is 0 Å². The highest BCUT2D eigenvalue weighted by Crippen LogP contribution is 2.32. The Morgan fingerprint density at radius 3 is 2.26 bits per heavy atom. The Labute approximate surface area is 126 Å². The number of halogens is 1. The summed E-state index contributed by atoms with van der Waals surface area (Å²) >= 11 is 3.68. The Morgan fingerprint density at radius 2 is 1.79 bits per heavy atom. The summed E-state index contributed by atoms with van der Waals surface area (Å²) in [6.45, 7) is 9.93. The Balaban J connectivity index is 3.17. The maximum Gasteiger partial charge on any atom is 0.0512 e. The molecule has 3 unspecified atom stereocenters. The maximum atomic E-state index is 6.42. The number of benzene rings is 1. The third kappa shape index (κ3) is 4.04. The van der Waals surface area contributed by atoms with Gasteiger partial charge < -0.3 is 5.73 Å². The summed E-state index contributed by atoms with van der Waals surface area (Å²) in [7, 11) is 0. The third-order valence-electron chi connectivity index (χ3n) is 3.98. The topological polar surface area (TPSA) is 29.3 Å². The predicted octanol–water partition coefficient (Wildman–Crippen LogP) is 4.35. The van der Waals surface area contributed by atoms with Gasteiger partial charge in [0.1, 0.15) is 0 Å². The number of rotatable bonds is 7. The van der Waals surface area contributed by atoms with Crippen LogP contribution in [0.4, 0.5) is 0 Å². The minimum absolute atomic E-state index is 0.160. The van der Waals surface area contributed by atoms with E-state index in [9.17, 15) is 0 Å². The van der Waals surface area contributed by atoms with E-state index in [1.54, 1.807) is 0 Å². The van der Waals surface area contributed by atoms with Gasteiger partial charge in [-0.3, -0.25) is 4.90 Å². The minimum Gasteiger partial charge on any atom is -0.326 e. The minimum atomic E-state index is 0.160. The van der Waals surface area contributed by atoms with E-state index < -0.39 is 0 Å².